The molecule has 2 heterocycles. The number of carbonyl (C=O) groups is 3. The number of rotatable bonds is 4. The number of nitrogens with zero attached hydrogens (tertiary/aromatic N) is 2. The van der Waals surface area contributed by atoms with Gasteiger partial charge in [-0.05, 0) is 24.6 Å². The van der Waals surface area contributed by atoms with Gasteiger partial charge in [0.2, 0.25) is 0 Å². The van der Waals surface area contributed by atoms with Crippen molar-refractivity contribution in [2.24, 2.45) is 0 Å². The number of hydrazine groups is 1. The van der Waals surface area contributed by atoms with E-state index in [9.17, 15) is 14.4 Å². The van der Waals surface area contributed by atoms with Gasteiger partial charge in [0.05, 0.1) is 32.9 Å². The molecule has 0 fully saturated rings. The van der Waals surface area contributed by atoms with Crippen LogP contribution in [0.25, 0.3) is 10.9 Å². The molecule has 1 aliphatic rings. The highest BCUT2D eigenvalue weighted by molar-refractivity contribution is 6.34. The molecular weight excluding hydrogens is 378 g/mol. The minimum atomic E-state index is -0.630. The van der Waals surface area contributed by atoms with Crippen molar-refractivity contribution >= 4 is 40.2 Å². The quantitative estimate of drug-likeness (QED) is 0.684. The molecule has 0 bridgehead atoms. The van der Waals surface area contributed by atoms with Gasteiger partial charge in [-0.3, -0.25) is 24.8 Å². The van der Waals surface area contributed by atoms with Crippen LogP contribution in [0.2, 0.25) is 5.02 Å². The number of pyridine rings is 1. The summed E-state index contributed by atoms with van der Waals surface area (Å²) in [4.78, 5) is 43.2. The van der Waals surface area contributed by atoms with Gasteiger partial charge in [-0.1, -0.05) is 55.3 Å². The van der Waals surface area contributed by atoms with E-state index in [1.165, 1.54) is 6.07 Å². The zero-order valence-electron chi connectivity index (χ0n) is 15.0. The van der Waals surface area contributed by atoms with E-state index in [2.05, 4.69) is 10.4 Å². The normalized spacial score (nSPS) is 13.1. The molecule has 28 heavy (non-hydrogen) atoms. The minimum absolute atomic E-state index is 0.178. The lowest BCUT2D eigenvalue weighted by Crippen LogP contribution is -2.46. The highest BCUT2D eigenvalue weighted by Crippen LogP contribution is 2.31. The Morgan fingerprint density at radius 3 is 2.46 bits per heavy atom. The molecule has 0 atom stereocenters. The Morgan fingerprint density at radius 1 is 1.04 bits per heavy atom. The van der Waals surface area contributed by atoms with Crippen molar-refractivity contribution in [3.05, 3.63) is 75.9 Å². The van der Waals surface area contributed by atoms with Crippen LogP contribution in [0.1, 0.15) is 50.1 Å². The predicted molar refractivity (Wildman–Crippen MR) is 105 cm³/mol. The first-order valence-corrected chi connectivity index (χ1v) is 9.26. The molecule has 3 aromatic rings. The Labute approximate surface area is 166 Å². The molecule has 0 radical (unpaired) electrons. The molecule has 1 N–H and O–H groups in total. The fraction of sp³-hybridized carbons (Fsp3) is 0.143. The maximum Gasteiger partial charge on any atom is 0.282 e. The third kappa shape index (κ3) is 2.82. The smallest absolute Gasteiger partial charge is 0.267 e. The third-order valence-electron chi connectivity index (χ3n) is 4.62. The van der Waals surface area contributed by atoms with Crippen molar-refractivity contribution < 1.29 is 14.4 Å². The first-order chi connectivity index (χ1) is 13.5. The van der Waals surface area contributed by atoms with Crippen molar-refractivity contribution in [1.29, 1.82) is 0 Å². The first kappa shape index (κ1) is 18.1. The second kappa shape index (κ2) is 7.05. The Bertz CT molecular complexity index is 1140. The molecule has 0 aliphatic carbocycles. The van der Waals surface area contributed by atoms with Crippen LogP contribution in [0.15, 0.2) is 48.5 Å². The lowest BCUT2D eigenvalue weighted by atomic mass is 10.0. The lowest BCUT2D eigenvalue weighted by molar-refractivity contribution is 0.0518. The predicted octanol–water partition coefficient (Wildman–Crippen LogP) is 3.78. The van der Waals surface area contributed by atoms with Crippen molar-refractivity contribution in [2.75, 3.05) is 0 Å². The summed E-state index contributed by atoms with van der Waals surface area (Å²) < 4.78 is 0. The fourth-order valence-corrected chi connectivity index (χ4v) is 3.58. The molecule has 0 unspecified atom stereocenters. The highest BCUT2D eigenvalue weighted by atomic mass is 35.5. The Hall–Kier alpha value is -3.25. The largest absolute Gasteiger partial charge is 0.282 e. The molecule has 0 spiro atoms. The molecule has 1 aromatic heterocycles. The van der Waals surface area contributed by atoms with Crippen LogP contribution in [-0.2, 0) is 6.42 Å². The Kier molecular flexibility index (Phi) is 4.57. The second-order valence-electron chi connectivity index (χ2n) is 6.44. The van der Waals surface area contributed by atoms with Crippen LogP contribution < -0.4 is 5.43 Å². The van der Waals surface area contributed by atoms with Gasteiger partial charge in [-0.2, -0.15) is 5.01 Å². The number of para-hydroxylation sites is 1. The average Bonchev–Trinajstić information content (AvgIpc) is 2.94. The number of halogens is 1. The number of amides is 3. The molecule has 0 saturated heterocycles. The zero-order chi connectivity index (χ0) is 19.8. The topological polar surface area (TPSA) is 79.4 Å². The van der Waals surface area contributed by atoms with Gasteiger partial charge in [0.25, 0.3) is 17.7 Å². The molecule has 6 nitrogen and oxygen atoms in total. The molecule has 1 aliphatic heterocycles. The fourth-order valence-electron chi connectivity index (χ4n) is 3.36. The van der Waals surface area contributed by atoms with E-state index in [1.807, 2.05) is 13.0 Å². The minimum Gasteiger partial charge on any atom is -0.267 e. The lowest BCUT2D eigenvalue weighted by Gasteiger charge is -2.15. The van der Waals surface area contributed by atoms with Crippen molar-refractivity contribution in [2.45, 2.75) is 19.8 Å². The first-order valence-electron chi connectivity index (χ1n) is 8.88. The zero-order valence-corrected chi connectivity index (χ0v) is 15.8. The van der Waals surface area contributed by atoms with Gasteiger partial charge in [-0.25, -0.2) is 0 Å². The third-order valence-corrected chi connectivity index (χ3v) is 4.95. The van der Waals surface area contributed by atoms with Gasteiger partial charge < -0.3 is 0 Å². The van der Waals surface area contributed by atoms with Crippen LogP contribution >= 0.6 is 11.6 Å². The monoisotopic (exact) mass is 393 g/mol. The molecular formula is C21H16ClN3O3. The van der Waals surface area contributed by atoms with E-state index >= 15 is 0 Å². The number of aromatic nitrogens is 1. The van der Waals surface area contributed by atoms with E-state index in [1.54, 1.807) is 36.4 Å². The summed E-state index contributed by atoms with van der Waals surface area (Å²) in [5, 5.41) is 1.57. The SMILES string of the molecule is CCCc1nc2ccccc2c2c1C(=O)N(NC(=O)c1ccccc1Cl)C2=O. The van der Waals surface area contributed by atoms with E-state index in [0.29, 0.717) is 23.0 Å². The van der Waals surface area contributed by atoms with Crippen molar-refractivity contribution in [3.8, 4) is 0 Å². The average molecular weight is 394 g/mol. The van der Waals surface area contributed by atoms with Crippen LogP contribution in [-0.4, -0.2) is 27.7 Å². The standard InChI is InChI=1S/C21H16ClN3O3/c1-2-7-16-18-17(13-9-4-6-11-15(13)23-16)20(27)25(21(18)28)24-19(26)12-8-3-5-10-14(12)22/h3-6,8-11H,2,7H2,1H3,(H,24,26). The molecule has 3 amide bonds. The summed E-state index contributed by atoms with van der Waals surface area (Å²) >= 11 is 6.05. The summed E-state index contributed by atoms with van der Waals surface area (Å²) in [6.07, 6.45) is 1.32. The van der Waals surface area contributed by atoms with Gasteiger partial charge in [0.15, 0.2) is 0 Å². The molecule has 2 aromatic carbocycles. The van der Waals surface area contributed by atoms with Gasteiger partial charge >= 0.3 is 0 Å². The molecule has 0 saturated carbocycles. The number of aryl methyl sites for hydroxylation is 1. The number of carbonyl (C=O) groups excluding carboxylic acids is 3. The summed E-state index contributed by atoms with van der Waals surface area (Å²) in [7, 11) is 0. The summed E-state index contributed by atoms with van der Waals surface area (Å²) in [5.41, 5.74) is 4.31. The highest BCUT2D eigenvalue weighted by Gasteiger charge is 2.41. The van der Waals surface area contributed by atoms with E-state index in [4.69, 9.17) is 11.6 Å². The van der Waals surface area contributed by atoms with Gasteiger partial charge in [-0.15, -0.1) is 0 Å². The maximum absolute atomic E-state index is 13.1. The Balaban J connectivity index is 1.78. The van der Waals surface area contributed by atoms with Crippen LogP contribution in [0.5, 0.6) is 0 Å². The summed E-state index contributed by atoms with van der Waals surface area (Å²) in [5.74, 6) is -1.78. The van der Waals surface area contributed by atoms with Crippen LogP contribution in [0.4, 0.5) is 0 Å². The number of nitrogens with one attached hydrogen (secondary N) is 1. The van der Waals surface area contributed by atoms with Gasteiger partial charge in [0.1, 0.15) is 0 Å². The molecule has 7 heteroatoms. The summed E-state index contributed by atoms with van der Waals surface area (Å²) in [6, 6.07) is 13.6. The maximum atomic E-state index is 13.1. The molecule has 140 valence electrons. The number of imide groups is 1. The van der Waals surface area contributed by atoms with Crippen LogP contribution in [0.3, 0.4) is 0 Å². The van der Waals surface area contributed by atoms with Gasteiger partial charge in [0, 0.05) is 5.39 Å². The molecule has 4 rings (SSSR count). The number of fused-ring (bicyclic) bond motifs is 3. The number of benzene rings is 2. The van der Waals surface area contributed by atoms with E-state index in [0.717, 1.165) is 11.4 Å². The summed E-state index contributed by atoms with van der Waals surface area (Å²) in [6.45, 7) is 1.97. The van der Waals surface area contributed by atoms with Crippen molar-refractivity contribution in [1.82, 2.24) is 15.4 Å². The Morgan fingerprint density at radius 2 is 1.71 bits per heavy atom. The van der Waals surface area contributed by atoms with Crippen molar-refractivity contribution in [3.63, 3.8) is 0 Å². The second-order valence-corrected chi connectivity index (χ2v) is 6.85. The van der Waals surface area contributed by atoms with Crippen LogP contribution in [0, 0.1) is 0 Å². The number of hydrogen-bond acceptors (Lipinski definition) is 4. The van der Waals surface area contributed by atoms with E-state index < -0.39 is 17.7 Å². The number of hydrogen-bond donors (Lipinski definition) is 1. The van der Waals surface area contributed by atoms with E-state index in [-0.39, 0.29) is 21.7 Å².